The standard InChI is InChI=1S/C12H13F3N2S2/c13-12(14,15)10-7-8(1-2-9(10)11(16)18)17-3-5-19-6-4-17/h1-2,7H,3-6H2,(H2,16,18). The SMILES string of the molecule is NC(=S)c1ccc(N2CCSCC2)cc1C(F)(F)F. The van der Waals surface area contributed by atoms with Crippen molar-refractivity contribution in [3.05, 3.63) is 29.3 Å². The molecule has 1 heterocycles. The maximum atomic E-state index is 13.0. The van der Waals surface area contributed by atoms with Crippen LogP contribution in [0.3, 0.4) is 0 Å². The molecule has 1 aromatic carbocycles. The van der Waals surface area contributed by atoms with Crippen molar-refractivity contribution >= 4 is 34.7 Å². The van der Waals surface area contributed by atoms with Gasteiger partial charge in [0.25, 0.3) is 0 Å². The fourth-order valence-electron chi connectivity index (χ4n) is 2.00. The summed E-state index contributed by atoms with van der Waals surface area (Å²) >= 11 is 6.49. The fourth-order valence-corrected chi connectivity index (χ4v) is 3.08. The van der Waals surface area contributed by atoms with E-state index in [1.807, 2.05) is 4.90 Å². The van der Waals surface area contributed by atoms with Crippen molar-refractivity contribution in [1.82, 2.24) is 0 Å². The lowest BCUT2D eigenvalue weighted by Crippen LogP contribution is -2.32. The zero-order chi connectivity index (χ0) is 14.0. The van der Waals surface area contributed by atoms with E-state index in [-0.39, 0.29) is 10.6 Å². The van der Waals surface area contributed by atoms with E-state index >= 15 is 0 Å². The molecule has 0 unspecified atom stereocenters. The van der Waals surface area contributed by atoms with Gasteiger partial charge in [0.1, 0.15) is 4.99 Å². The molecule has 1 aliphatic heterocycles. The van der Waals surface area contributed by atoms with E-state index in [0.29, 0.717) is 5.69 Å². The number of thioether (sulfide) groups is 1. The van der Waals surface area contributed by atoms with Crippen LogP contribution >= 0.6 is 24.0 Å². The number of alkyl halides is 3. The number of nitrogens with two attached hydrogens (primary N) is 1. The van der Waals surface area contributed by atoms with Gasteiger partial charge in [-0.15, -0.1) is 0 Å². The van der Waals surface area contributed by atoms with Crippen molar-refractivity contribution in [3.63, 3.8) is 0 Å². The number of nitrogens with zero attached hydrogens (tertiary/aromatic N) is 1. The molecule has 0 spiro atoms. The van der Waals surface area contributed by atoms with E-state index in [2.05, 4.69) is 12.2 Å². The third-order valence-electron chi connectivity index (χ3n) is 2.95. The molecule has 1 aromatic rings. The molecule has 0 bridgehead atoms. The lowest BCUT2D eigenvalue weighted by atomic mass is 10.1. The van der Waals surface area contributed by atoms with Gasteiger partial charge >= 0.3 is 6.18 Å². The molecule has 7 heteroatoms. The molecule has 0 saturated carbocycles. The summed E-state index contributed by atoms with van der Waals surface area (Å²) in [4.78, 5) is 1.72. The maximum Gasteiger partial charge on any atom is 0.417 e. The second kappa shape index (κ2) is 5.58. The average Bonchev–Trinajstić information content (AvgIpc) is 2.38. The average molecular weight is 306 g/mol. The predicted octanol–water partition coefficient (Wildman–Crippen LogP) is 2.89. The Bertz CT molecular complexity index is 482. The normalized spacial score (nSPS) is 16.5. The van der Waals surface area contributed by atoms with Gasteiger partial charge in [-0.25, -0.2) is 0 Å². The second-order valence-corrected chi connectivity index (χ2v) is 5.86. The molecule has 0 aromatic heterocycles. The molecular weight excluding hydrogens is 293 g/mol. The Labute approximate surface area is 119 Å². The third kappa shape index (κ3) is 3.33. The van der Waals surface area contributed by atoms with Crippen LogP contribution in [-0.4, -0.2) is 29.6 Å². The molecular formula is C12H13F3N2S2. The quantitative estimate of drug-likeness (QED) is 0.851. The minimum atomic E-state index is -4.45. The fraction of sp³-hybridized carbons (Fsp3) is 0.417. The highest BCUT2D eigenvalue weighted by molar-refractivity contribution is 7.99. The summed E-state index contributed by atoms with van der Waals surface area (Å²) in [5.74, 6) is 1.86. The summed E-state index contributed by atoms with van der Waals surface area (Å²) in [7, 11) is 0. The molecule has 0 amide bonds. The van der Waals surface area contributed by atoms with Crippen LogP contribution < -0.4 is 10.6 Å². The number of benzene rings is 1. The Hall–Kier alpha value is -0.950. The molecule has 104 valence electrons. The van der Waals surface area contributed by atoms with Crippen molar-refractivity contribution in [3.8, 4) is 0 Å². The van der Waals surface area contributed by atoms with Gasteiger partial charge in [-0.05, 0) is 18.2 Å². The molecule has 1 aliphatic rings. The summed E-state index contributed by atoms with van der Waals surface area (Å²) in [6.07, 6.45) is -4.45. The van der Waals surface area contributed by atoms with E-state index in [1.54, 1.807) is 17.8 Å². The minimum Gasteiger partial charge on any atom is -0.389 e. The van der Waals surface area contributed by atoms with Crippen LogP contribution in [-0.2, 0) is 6.18 Å². The van der Waals surface area contributed by atoms with Crippen LogP contribution in [0.2, 0.25) is 0 Å². The summed E-state index contributed by atoms with van der Waals surface area (Å²) in [5, 5.41) is 0. The number of anilines is 1. The second-order valence-electron chi connectivity index (χ2n) is 4.19. The molecule has 2 nitrogen and oxygen atoms in total. The smallest absolute Gasteiger partial charge is 0.389 e. The molecule has 2 rings (SSSR count). The molecule has 19 heavy (non-hydrogen) atoms. The Balaban J connectivity index is 2.40. The third-order valence-corrected chi connectivity index (χ3v) is 4.11. The molecule has 1 fully saturated rings. The zero-order valence-corrected chi connectivity index (χ0v) is 11.7. The zero-order valence-electron chi connectivity index (χ0n) is 10.0. The summed E-state index contributed by atoms with van der Waals surface area (Å²) < 4.78 is 39.1. The van der Waals surface area contributed by atoms with Crippen LogP contribution in [0.25, 0.3) is 0 Å². The first-order chi connectivity index (χ1) is 8.89. The predicted molar refractivity (Wildman–Crippen MR) is 76.9 cm³/mol. The van der Waals surface area contributed by atoms with Gasteiger partial charge in [0, 0.05) is 35.8 Å². The van der Waals surface area contributed by atoms with Crippen LogP contribution in [0, 0.1) is 0 Å². The molecule has 0 aliphatic carbocycles. The van der Waals surface area contributed by atoms with Gasteiger partial charge in [0.05, 0.1) is 5.56 Å². The number of hydrogen-bond acceptors (Lipinski definition) is 3. The highest BCUT2D eigenvalue weighted by Crippen LogP contribution is 2.35. The van der Waals surface area contributed by atoms with Crippen molar-refractivity contribution in [2.45, 2.75) is 6.18 Å². The van der Waals surface area contributed by atoms with Gasteiger partial charge in [0.2, 0.25) is 0 Å². The Morgan fingerprint density at radius 2 is 1.89 bits per heavy atom. The van der Waals surface area contributed by atoms with E-state index in [0.717, 1.165) is 30.7 Å². The number of halogens is 3. The number of thiocarbonyl (C=S) groups is 1. The number of hydrogen-bond donors (Lipinski definition) is 1. The Morgan fingerprint density at radius 1 is 1.26 bits per heavy atom. The van der Waals surface area contributed by atoms with Gasteiger partial charge in [-0.3, -0.25) is 0 Å². The minimum absolute atomic E-state index is 0.113. The van der Waals surface area contributed by atoms with Crippen LogP contribution in [0.15, 0.2) is 18.2 Å². The maximum absolute atomic E-state index is 13.0. The van der Waals surface area contributed by atoms with E-state index < -0.39 is 11.7 Å². The van der Waals surface area contributed by atoms with Crippen molar-refractivity contribution in [1.29, 1.82) is 0 Å². The van der Waals surface area contributed by atoms with Gasteiger partial charge < -0.3 is 10.6 Å². The van der Waals surface area contributed by atoms with Crippen LogP contribution in [0.4, 0.5) is 18.9 Å². The van der Waals surface area contributed by atoms with Crippen molar-refractivity contribution in [2.24, 2.45) is 5.73 Å². The van der Waals surface area contributed by atoms with Crippen LogP contribution in [0.5, 0.6) is 0 Å². The first-order valence-electron chi connectivity index (χ1n) is 5.73. The van der Waals surface area contributed by atoms with E-state index in [4.69, 9.17) is 5.73 Å². The Morgan fingerprint density at radius 3 is 2.42 bits per heavy atom. The lowest BCUT2D eigenvalue weighted by Gasteiger charge is -2.29. The first kappa shape index (κ1) is 14.5. The van der Waals surface area contributed by atoms with Crippen LogP contribution in [0.1, 0.15) is 11.1 Å². The van der Waals surface area contributed by atoms with Gasteiger partial charge in [0.15, 0.2) is 0 Å². The summed E-state index contributed by atoms with van der Waals surface area (Å²) in [5.41, 5.74) is 5.06. The molecule has 1 saturated heterocycles. The van der Waals surface area contributed by atoms with E-state index in [9.17, 15) is 13.2 Å². The van der Waals surface area contributed by atoms with Crippen molar-refractivity contribution < 1.29 is 13.2 Å². The van der Waals surface area contributed by atoms with Gasteiger partial charge in [-0.2, -0.15) is 24.9 Å². The first-order valence-corrected chi connectivity index (χ1v) is 7.29. The Kier molecular flexibility index (Phi) is 4.25. The molecule has 0 radical (unpaired) electrons. The van der Waals surface area contributed by atoms with E-state index in [1.165, 1.54) is 6.07 Å². The highest BCUT2D eigenvalue weighted by atomic mass is 32.2. The summed E-state index contributed by atoms with van der Waals surface area (Å²) in [6.45, 7) is 1.52. The topological polar surface area (TPSA) is 29.3 Å². The largest absolute Gasteiger partial charge is 0.417 e. The number of rotatable bonds is 2. The van der Waals surface area contributed by atoms with Crippen molar-refractivity contribution in [2.75, 3.05) is 29.5 Å². The molecule has 0 atom stereocenters. The summed E-state index contributed by atoms with van der Waals surface area (Å²) in [6, 6.07) is 4.16. The monoisotopic (exact) mass is 306 g/mol. The van der Waals surface area contributed by atoms with Gasteiger partial charge in [-0.1, -0.05) is 12.2 Å². The highest BCUT2D eigenvalue weighted by Gasteiger charge is 2.34. The molecule has 2 N–H and O–H groups in total. The lowest BCUT2D eigenvalue weighted by molar-refractivity contribution is -0.137.